The van der Waals surface area contributed by atoms with Crippen LogP contribution in [0.2, 0.25) is 0 Å². The SMILES string of the molecule is CCC(/N=C(\C=C(/NC)c1ccccc1)c1ccc(-c2ccccc2)cc1)c1cccc(-c2cc(C)c3ccc4ccc(C)nc4c3n2)c1. The second-order valence-electron chi connectivity index (χ2n) is 12.5. The number of hydrogen-bond acceptors (Lipinski definition) is 4. The van der Waals surface area contributed by atoms with E-state index in [4.69, 9.17) is 15.0 Å². The van der Waals surface area contributed by atoms with Gasteiger partial charge in [-0.05, 0) is 77.9 Å². The van der Waals surface area contributed by atoms with Crippen LogP contribution in [0.5, 0.6) is 0 Å². The zero-order chi connectivity index (χ0) is 33.7. The monoisotopic (exact) mass is 636 g/mol. The van der Waals surface area contributed by atoms with E-state index in [9.17, 15) is 0 Å². The minimum atomic E-state index is -0.0550. The summed E-state index contributed by atoms with van der Waals surface area (Å²) in [5.74, 6) is 0. The van der Waals surface area contributed by atoms with Crippen molar-refractivity contribution < 1.29 is 0 Å². The first-order chi connectivity index (χ1) is 24.0. The third kappa shape index (κ3) is 6.77. The van der Waals surface area contributed by atoms with Gasteiger partial charge in [0.2, 0.25) is 0 Å². The molecule has 0 aliphatic rings. The number of aryl methyl sites for hydroxylation is 2. The molecule has 0 saturated heterocycles. The molecule has 0 spiro atoms. The Morgan fingerprint density at radius 2 is 1.37 bits per heavy atom. The van der Waals surface area contributed by atoms with Crippen molar-refractivity contribution >= 4 is 33.2 Å². The molecule has 0 saturated carbocycles. The zero-order valence-corrected chi connectivity index (χ0v) is 28.5. The molecule has 49 heavy (non-hydrogen) atoms. The number of aliphatic imine (C=N–C) groups is 1. The van der Waals surface area contributed by atoms with Crippen molar-refractivity contribution in [1.82, 2.24) is 15.3 Å². The van der Waals surface area contributed by atoms with Gasteiger partial charge in [0.05, 0.1) is 28.5 Å². The van der Waals surface area contributed by atoms with Crippen molar-refractivity contribution in [2.45, 2.75) is 33.2 Å². The van der Waals surface area contributed by atoms with E-state index < -0.39 is 0 Å². The van der Waals surface area contributed by atoms with Gasteiger partial charge in [-0.2, -0.15) is 0 Å². The van der Waals surface area contributed by atoms with Crippen LogP contribution in [-0.2, 0) is 0 Å². The topological polar surface area (TPSA) is 50.2 Å². The van der Waals surface area contributed by atoms with Gasteiger partial charge in [-0.1, -0.05) is 128 Å². The van der Waals surface area contributed by atoms with Crippen LogP contribution in [0.25, 0.3) is 49.9 Å². The van der Waals surface area contributed by atoms with Gasteiger partial charge in [0.25, 0.3) is 0 Å². The summed E-state index contributed by atoms with van der Waals surface area (Å²) >= 11 is 0. The number of benzene rings is 5. The molecule has 7 aromatic rings. The first-order valence-electron chi connectivity index (χ1n) is 17.0. The maximum atomic E-state index is 5.47. The largest absolute Gasteiger partial charge is 0.388 e. The quantitative estimate of drug-likeness (QED) is 0.127. The minimum Gasteiger partial charge on any atom is -0.388 e. The van der Waals surface area contributed by atoms with Crippen LogP contribution in [0.1, 0.15) is 47.3 Å². The molecular formula is C45H40N4. The molecule has 2 heterocycles. The lowest BCUT2D eigenvalue weighted by Crippen LogP contribution is -2.10. The Hall–Kier alpha value is -5.87. The smallest absolute Gasteiger partial charge is 0.0974 e. The van der Waals surface area contributed by atoms with Crippen LogP contribution >= 0.6 is 0 Å². The van der Waals surface area contributed by atoms with Crippen molar-refractivity contribution in [3.63, 3.8) is 0 Å². The standard InChI is InChI=1S/C45H40N4/c1-5-40(37-17-12-18-38(28-37)42-27-30(2)39-26-25-36-20-19-31(3)47-44(36)45(39)49-42)48-43(29-41(46-4)34-15-10-7-11-16-34)35-23-21-33(22-24-35)32-13-8-6-9-14-32/h6-29,40,46H,5H2,1-4H3/b41-29-,48-43+. The van der Waals surface area contributed by atoms with Crippen LogP contribution in [0.4, 0.5) is 0 Å². The molecule has 1 N–H and O–H groups in total. The van der Waals surface area contributed by atoms with Crippen molar-refractivity contribution in [3.8, 4) is 22.4 Å². The predicted octanol–water partition coefficient (Wildman–Crippen LogP) is 10.9. The molecule has 4 heteroatoms. The highest BCUT2D eigenvalue weighted by Crippen LogP contribution is 2.32. The number of nitrogens with zero attached hydrogens (tertiary/aromatic N) is 3. The molecule has 1 unspecified atom stereocenters. The number of allylic oxidation sites excluding steroid dienone is 1. The third-order valence-corrected chi connectivity index (χ3v) is 9.16. The van der Waals surface area contributed by atoms with Gasteiger partial charge < -0.3 is 5.32 Å². The molecule has 0 amide bonds. The number of fused-ring (bicyclic) bond motifs is 3. The lowest BCUT2D eigenvalue weighted by atomic mass is 9.97. The lowest BCUT2D eigenvalue weighted by molar-refractivity contribution is 0.702. The molecule has 0 aliphatic heterocycles. The number of nitrogens with one attached hydrogen (secondary N) is 1. The maximum Gasteiger partial charge on any atom is 0.0974 e. The van der Waals surface area contributed by atoms with Crippen LogP contribution in [0.3, 0.4) is 0 Å². The second-order valence-corrected chi connectivity index (χ2v) is 12.5. The van der Waals surface area contributed by atoms with Crippen molar-refractivity contribution in [3.05, 3.63) is 174 Å². The van der Waals surface area contributed by atoms with E-state index in [1.807, 2.05) is 26.1 Å². The van der Waals surface area contributed by atoms with E-state index in [0.717, 1.165) is 73.3 Å². The summed E-state index contributed by atoms with van der Waals surface area (Å²) in [5, 5.41) is 5.66. The molecule has 1 atom stereocenters. The van der Waals surface area contributed by atoms with Crippen LogP contribution in [0, 0.1) is 13.8 Å². The normalized spacial score (nSPS) is 12.7. The van der Waals surface area contributed by atoms with Gasteiger partial charge in [0.1, 0.15) is 0 Å². The van der Waals surface area contributed by atoms with Gasteiger partial charge in [0.15, 0.2) is 0 Å². The molecule has 7 rings (SSSR count). The average Bonchev–Trinajstić information content (AvgIpc) is 3.16. The Balaban J connectivity index is 1.31. The highest BCUT2D eigenvalue weighted by molar-refractivity contribution is 6.12. The summed E-state index contributed by atoms with van der Waals surface area (Å²) in [6, 6.07) is 49.0. The average molecular weight is 637 g/mol. The van der Waals surface area contributed by atoms with E-state index in [2.05, 4.69) is 153 Å². The molecule has 0 fully saturated rings. The van der Waals surface area contributed by atoms with Gasteiger partial charge >= 0.3 is 0 Å². The van der Waals surface area contributed by atoms with E-state index >= 15 is 0 Å². The number of pyridine rings is 2. The van der Waals surface area contributed by atoms with Crippen molar-refractivity contribution in [2.75, 3.05) is 7.05 Å². The number of hydrogen-bond donors (Lipinski definition) is 1. The fraction of sp³-hybridized carbons (Fsp3) is 0.133. The fourth-order valence-electron chi connectivity index (χ4n) is 6.47. The van der Waals surface area contributed by atoms with Gasteiger partial charge in [-0.15, -0.1) is 0 Å². The maximum absolute atomic E-state index is 5.47. The van der Waals surface area contributed by atoms with E-state index in [0.29, 0.717) is 0 Å². The molecule has 0 bridgehead atoms. The first kappa shape index (κ1) is 31.7. The van der Waals surface area contributed by atoms with Crippen LogP contribution in [0.15, 0.2) is 151 Å². The van der Waals surface area contributed by atoms with Crippen molar-refractivity contribution in [1.29, 1.82) is 0 Å². The Labute approximate surface area is 289 Å². The Kier molecular flexibility index (Phi) is 9.12. The number of aromatic nitrogens is 2. The van der Waals surface area contributed by atoms with Gasteiger partial charge in [-0.25, -0.2) is 4.98 Å². The summed E-state index contributed by atoms with van der Waals surface area (Å²) < 4.78 is 0. The van der Waals surface area contributed by atoms with Gasteiger partial charge in [0, 0.05) is 34.8 Å². The van der Waals surface area contributed by atoms with E-state index in [-0.39, 0.29) is 6.04 Å². The molecule has 5 aromatic carbocycles. The minimum absolute atomic E-state index is 0.0550. The van der Waals surface area contributed by atoms with Crippen molar-refractivity contribution in [2.24, 2.45) is 4.99 Å². The first-order valence-corrected chi connectivity index (χ1v) is 17.0. The Morgan fingerprint density at radius 3 is 2.10 bits per heavy atom. The van der Waals surface area contributed by atoms with E-state index in [1.165, 1.54) is 16.7 Å². The highest BCUT2D eigenvalue weighted by atomic mass is 14.8. The summed E-state index contributed by atoms with van der Waals surface area (Å²) in [6.07, 6.45) is 3.02. The summed E-state index contributed by atoms with van der Waals surface area (Å²) in [4.78, 5) is 15.6. The molecule has 0 radical (unpaired) electrons. The fourth-order valence-corrected chi connectivity index (χ4v) is 6.47. The lowest BCUT2D eigenvalue weighted by Gasteiger charge is -2.16. The Bertz CT molecular complexity index is 2300. The molecule has 2 aromatic heterocycles. The van der Waals surface area contributed by atoms with Crippen LogP contribution < -0.4 is 5.32 Å². The van der Waals surface area contributed by atoms with Gasteiger partial charge in [-0.3, -0.25) is 9.98 Å². The predicted molar refractivity (Wildman–Crippen MR) is 207 cm³/mol. The van der Waals surface area contributed by atoms with E-state index in [1.54, 1.807) is 0 Å². The number of rotatable bonds is 9. The third-order valence-electron chi connectivity index (χ3n) is 9.16. The molecule has 4 nitrogen and oxygen atoms in total. The molecule has 240 valence electrons. The summed E-state index contributed by atoms with van der Waals surface area (Å²) in [6.45, 7) is 6.39. The molecule has 0 aliphatic carbocycles. The second kappa shape index (κ2) is 14.1. The Morgan fingerprint density at radius 1 is 0.673 bits per heavy atom. The zero-order valence-electron chi connectivity index (χ0n) is 28.5. The molecular weight excluding hydrogens is 597 g/mol. The highest BCUT2D eigenvalue weighted by Gasteiger charge is 2.15. The summed E-state index contributed by atoms with van der Waals surface area (Å²) in [5.41, 5.74) is 13.7. The van der Waals surface area contributed by atoms with Crippen LogP contribution in [-0.4, -0.2) is 22.7 Å². The summed E-state index contributed by atoms with van der Waals surface area (Å²) in [7, 11) is 1.97.